The first-order valence-corrected chi connectivity index (χ1v) is 9.75. The summed E-state index contributed by atoms with van der Waals surface area (Å²) in [6, 6.07) is 7.92. The maximum Gasteiger partial charge on any atom is 0.108 e. The molecule has 0 amide bonds. The van der Waals surface area contributed by atoms with Crippen molar-refractivity contribution < 1.29 is 0 Å². The lowest BCUT2D eigenvalue weighted by molar-refractivity contribution is 0.225. The largest absolute Gasteiger partial charge is 0.310 e. The van der Waals surface area contributed by atoms with Gasteiger partial charge in [0.05, 0.1) is 16.8 Å². The SMILES string of the molecule is CCN(Cc1nc2cc([C@H]3CC[C@H](C)CN3)ccc2s1)C(C)C. The minimum absolute atomic E-state index is 0.503. The topological polar surface area (TPSA) is 28.2 Å². The van der Waals surface area contributed by atoms with Crippen LogP contribution >= 0.6 is 11.3 Å². The summed E-state index contributed by atoms with van der Waals surface area (Å²) in [5, 5.41) is 4.91. The lowest BCUT2D eigenvalue weighted by Crippen LogP contribution is -2.31. The Morgan fingerprint density at radius 3 is 2.83 bits per heavy atom. The molecule has 0 saturated carbocycles. The third kappa shape index (κ3) is 3.93. The van der Waals surface area contributed by atoms with Crippen molar-refractivity contribution in [3.05, 3.63) is 28.8 Å². The molecule has 1 N–H and O–H groups in total. The van der Waals surface area contributed by atoms with Crippen LogP contribution in [0.3, 0.4) is 0 Å². The zero-order valence-corrected chi connectivity index (χ0v) is 15.6. The predicted molar refractivity (Wildman–Crippen MR) is 100.0 cm³/mol. The molecular weight excluding hydrogens is 302 g/mol. The van der Waals surface area contributed by atoms with E-state index < -0.39 is 0 Å². The van der Waals surface area contributed by atoms with Gasteiger partial charge in [0.1, 0.15) is 5.01 Å². The van der Waals surface area contributed by atoms with E-state index in [4.69, 9.17) is 4.98 Å². The van der Waals surface area contributed by atoms with Gasteiger partial charge in [-0.3, -0.25) is 4.90 Å². The fourth-order valence-corrected chi connectivity index (χ4v) is 4.37. The monoisotopic (exact) mass is 331 g/mol. The second kappa shape index (κ2) is 7.29. The van der Waals surface area contributed by atoms with Gasteiger partial charge in [-0.15, -0.1) is 11.3 Å². The summed E-state index contributed by atoms with van der Waals surface area (Å²) >= 11 is 1.84. The van der Waals surface area contributed by atoms with Crippen molar-refractivity contribution in [1.29, 1.82) is 0 Å². The van der Waals surface area contributed by atoms with Crippen molar-refractivity contribution >= 4 is 21.6 Å². The van der Waals surface area contributed by atoms with E-state index in [1.807, 2.05) is 11.3 Å². The van der Waals surface area contributed by atoms with Crippen LogP contribution in [-0.2, 0) is 6.54 Å². The van der Waals surface area contributed by atoms with Crippen LogP contribution in [0.4, 0.5) is 0 Å². The van der Waals surface area contributed by atoms with Crippen molar-refractivity contribution in [3.63, 3.8) is 0 Å². The summed E-state index contributed by atoms with van der Waals surface area (Å²) in [6.45, 7) is 12.2. The number of hydrogen-bond acceptors (Lipinski definition) is 4. The van der Waals surface area contributed by atoms with Gasteiger partial charge in [-0.05, 0) is 63.4 Å². The van der Waals surface area contributed by atoms with E-state index in [0.29, 0.717) is 12.1 Å². The Balaban J connectivity index is 1.78. The van der Waals surface area contributed by atoms with E-state index in [2.05, 4.69) is 56.1 Å². The van der Waals surface area contributed by atoms with E-state index in [1.165, 1.54) is 33.6 Å². The molecule has 0 spiro atoms. The van der Waals surface area contributed by atoms with Gasteiger partial charge in [0.25, 0.3) is 0 Å². The molecule has 126 valence electrons. The maximum atomic E-state index is 4.90. The van der Waals surface area contributed by atoms with Crippen molar-refractivity contribution in [2.45, 2.75) is 59.2 Å². The highest BCUT2D eigenvalue weighted by Crippen LogP contribution is 2.30. The van der Waals surface area contributed by atoms with Gasteiger partial charge in [-0.2, -0.15) is 0 Å². The van der Waals surface area contributed by atoms with Crippen LogP contribution < -0.4 is 5.32 Å². The second-order valence-corrected chi connectivity index (χ2v) is 8.25. The first kappa shape index (κ1) is 16.9. The highest BCUT2D eigenvalue weighted by Gasteiger charge is 2.19. The van der Waals surface area contributed by atoms with Crippen LogP contribution in [-0.4, -0.2) is 29.0 Å². The Morgan fingerprint density at radius 1 is 1.35 bits per heavy atom. The average molecular weight is 332 g/mol. The Labute approximate surface area is 144 Å². The van der Waals surface area contributed by atoms with E-state index >= 15 is 0 Å². The Hall–Kier alpha value is -0.970. The molecule has 1 aromatic carbocycles. The maximum absolute atomic E-state index is 4.90. The van der Waals surface area contributed by atoms with Crippen LogP contribution in [0.2, 0.25) is 0 Å². The van der Waals surface area contributed by atoms with Crippen molar-refractivity contribution in [1.82, 2.24) is 15.2 Å². The van der Waals surface area contributed by atoms with Gasteiger partial charge in [-0.1, -0.05) is 19.9 Å². The molecule has 1 aliphatic heterocycles. The lowest BCUT2D eigenvalue weighted by atomic mass is 9.92. The zero-order chi connectivity index (χ0) is 16.4. The molecule has 1 aliphatic rings. The van der Waals surface area contributed by atoms with E-state index in [1.54, 1.807) is 0 Å². The standard InChI is InChI=1S/C19H29N3S/c1-5-22(13(2)3)12-19-21-17-10-15(7-9-18(17)23-19)16-8-6-14(4)11-20-16/h7,9-10,13-14,16,20H,5-6,8,11-12H2,1-4H3/t14-,16+/m0/s1. The van der Waals surface area contributed by atoms with Crippen LogP contribution in [0.5, 0.6) is 0 Å². The number of thiazole rings is 1. The first-order valence-electron chi connectivity index (χ1n) is 8.93. The van der Waals surface area contributed by atoms with E-state index in [0.717, 1.165) is 25.6 Å². The molecule has 3 nitrogen and oxygen atoms in total. The molecule has 0 bridgehead atoms. The van der Waals surface area contributed by atoms with Crippen molar-refractivity contribution in [2.24, 2.45) is 5.92 Å². The van der Waals surface area contributed by atoms with Crippen LogP contribution in [0.1, 0.15) is 57.1 Å². The highest BCUT2D eigenvalue weighted by atomic mass is 32.1. The normalized spacial score (nSPS) is 22.3. The minimum Gasteiger partial charge on any atom is -0.310 e. The van der Waals surface area contributed by atoms with Gasteiger partial charge >= 0.3 is 0 Å². The molecule has 2 aromatic rings. The van der Waals surface area contributed by atoms with E-state index in [9.17, 15) is 0 Å². The van der Waals surface area contributed by atoms with Crippen molar-refractivity contribution in [2.75, 3.05) is 13.1 Å². The number of aromatic nitrogens is 1. The molecule has 0 radical (unpaired) electrons. The van der Waals surface area contributed by atoms with Gasteiger partial charge in [0, 0.05) is 12.1 Å². The summed E-state index contributed by atoms with van der Waals surface area (Å²) in [6.07, 6.45) is 2.55. The number of nitrogens with zero attached hydrogens (tertiary/aromatic N) is 2. The molecule has 23 heavy (non-hydrogen) atoms. The molecule has 1 fully saturated rings. The molecular formula is C19H29N3S. The molecule has 2 heterocycles. The molecule has 0 aliphatic carbocycles. The fourth-order valence-electron chi connectivity index (χ4n) is 3.39. The quantitative estimate of drug-likeness (QED) is 0.869. The number of fused-ring (bicyclic) bond motifs is 1. The second-order valence-electron chi connectivity index (χ2n) is 7.13. The molecule has 0 unspecified atom stereocenters. The predicted octanol–water partition coefficient (Wildman–Crippen LogP) is 4.59. The number of hydrogen-bond donors (Lipinski definition) is 1. The number of benzene rings is 1. The highest BCUT2D eigenvalue weighted by molar-refractivity contribution is 7.18. The summed E-state index contributed by atoms with van der Waals surface area (Å²) < 4.78 is 1.31. The smallest absolute Gasteiger partial charge is 0.108 e. The molecule has 2 atom stereocenters. The molecule has 4 heteroatoms. The number of rotatable bonds is 5. The number of piperidine rings is 1. The zero-order valence-electron chi connectivity index (χ0n) is 14.8. The summed E-state index contributed by atoms with van der Waals surface area (Å²) in [5.41, 5.74) is 2.57. The van der Waals surface area contributed by atoms with Gasteiger partial charge < -0.3 is 5.32 Å². The Bertz CT molecular complexity index is 641. The molecule has 1 saturated heterocycles. The van der Waals surface area contributed by atoms with Gasteiger partial charge in [0.2, 0.25) is 0 Å². The fraction of sp³-hybridized carbons (Fsp3) is 0.632. The molecule has 1 aromatic heterocycles. The van der Waals surface area contributed by atoms with Gasteiger partial charge in [0.15, 0.2) is 0 Å². The van der Waals surface area contributed by atoms with Crippen LogP contribution in [0.25, 0.3) is 10.2 Å². The number of nitrogens with one attached hydrogen (secondary N) is 1. The summed E-state index contributed by atoms with van der Waals surface area (Å²) in [7, 11) is 0. The first-order chi connectivity index (χ1) is 11.1. The lowest BCUT2D eigenvalue weighted by Gasteiger charge is -2.28. The Kier molecular flexibility index (Phi) is 5.34. The van der Waals surface area contributed by atoms with Crippen LogP contribution in [0, 0.1) is 5.92 Å². The summed E-state index contributed by atoms with van der Waals surface area (Å²) in [4.78, 5) is 7.36. The third-order valence-electron chi connectivity index (χ3n) is 4.99. The third-order valence-corrected chi connectivity index (χ3v) is 6.02. The van der Waals surface area contributed by atoms with Gasteiger partial charge in [-0.25, -0.2) is 4.98 Å². The Morgan fingerprint density at radius 2 is 2.17 bits per heavy atom. The van der Waals surface area contributed by atoms with Crippen LogP contribution in [0.15, 0.2) is 18.2 Å². The van der Waals surface area contributed by atoms with E-state index in [-0.39, 0.29) is 0 Å². The molecule has 3 rings (SSSR count). The van der Waals surface area contributed by atoms with Crippen molar-refractivity contribution in [3.8, 4) is 0 Å². The minimum atomic E-state index is 0.503. The summed E-state index contributed by atoms with van der Waals surface area (Å²) in [5.74, 6) is 0.803. The average Bonchev–Trinajstić information content (AvgIpc) is 2.94.